The summed E-state index contributed by atoms with van der Waals surface area (Å²) < 4.78 is 24.8. The molecule has 2 aromatic rings. The highest BCUT2D eigenvalue weighted by atomic mass is 32.2. The first kappa shape index (κ1) is 14.7. The van der Waals surface area contributed by atoms with Crippen LogP contribution < -0.4 is 0 Å². The van der Waals surface area contributed by atoms with Gasteiger partial charge < -0.3 is 9.67 Å². The molecule has 1 N–H and O–H groups in total. The summed E-state index contributed by atoms with van der Waals surface area (Å²) in [5.41, 5.74) is 0.735. The Morgan fingerprint density at radius 1 is 1.30 bits per heavy atom. The van der Waals surface area contributed by atoms with E-state index in [0.717, 1.165) is 5.56 Å². The number of aryl methyl sites for hydroxylation is 1. The van der Waals surface area contributed by atoms with Crippen molar-refractivity contribution in [3.8, 4) is 0 Å². The van der Waals surface area contributed by atoms with E-state index in [1.807, 2.05) is 30.3 Å². The van der Waals surface area contributed by atoms with Crippen molar-refractivity contribution in [2.75, 3.05) is 11.5 Å². The summed E-state index contributed by atoms with van der Waals surface area (Å²) in [6.07, 6.45) is 2.41. The maximum Gasteiger partial charge on any atom is 0.151 e. The standard InChI is InChI=1S/C14H18N2O3S/c1-2-20(18,19)11-10-16-9-8-15-14(16)13(17)12-6-4-3-5-7-12/h3-9,13,17H,2,10-11H2,1H3. The Balaban J connectivity index is 2.17. The van der Waals surface area contributed by atoms with Gasteiger partial charge in [-0.05, 0) is 5.56 Å². The number of imidazole rings is 1. The fourth-order valence-electron chi connectivity index (χ4n) is 1.92. The highest BCUT2D eigenvalue weighted by Crippen LogP contribution is 2.20. The third kappa shape index (κ3) is 3.46. The Morgan fingerprint density at radius 2 is 2.00 bits per heavy atom. The number of aliphatic hydroxyl groups is 1. The molecule has 0 amide bonds. The monoisotopic (exact) mass is 294 g/mol. The topological polar surface area (TPSA) is 72.2 Å². The number of hydrogen-bond acceptors (Lipinski definition) is 4. The largest absolute Gasteiger partial charge is 0.380 e. The summed E-state index contributed by atoms with van der Waals surface area (Å²) in [6, 6.07) is 9.18. The van der Waals surface area contributed by atoms with Crippen LogP contribution in [0.1, 0.15) is 24.4 Å². The van der Waals surface area contributed by atoms with Crippen LogP contribution in [0.5, 0.6) is 0 Å². The van der Waals surface area contributed by atoms with Crippen molar-refractivity contribution >= 4 is 9.84 Å². The molecule has 0 fully saturated rings. The molecule has 0 bridgehead atoms. The molecule has 108 valence electrons. The lowest BCUT2D eigenvalue weighted by Gasteiger charge is -2.13. The van der Waals surface area contributed by atoms with E-state index in [0.29, 0.717) is 12.4 Å². The SMILES string of the molecule is CCS(=O)(=O)CCn1ccnc1C(O)c1ccccc1. The van der Waals surface area contributed by atoms with Gasteiger partial charge in [0.25, 0.3) is 0 Å². The highest BCUT2D eigenvalue weighted by molar-refractivity contribution is 7.91. The van der Waals surface area contributed by atoms with Crippen LogP contribution >= 0.6 is 0 Å². The van der Waals surface area contributed by atoms with E-state index in [-0.39, 0.29) is 11.5 Å². The van der Waals surface area contributed by atoms with Gasteiger partial charge in [0, 0.05) is 24.7 Å². The smallest absolute Gasteiger partial charge is 0.151 e. The van der Waals surface area contributed by atoms with E-state index in [1.54, 1.807) is 23.9 Å². The average molecular weight is 294 g/mol. The van der Waals surface area contributed by atoms with Crippen molar-refractivity contribution in [2.45, 2.75) is 19.6 Å². The van der Waals surface area contributed by atoms with Gasteiger partial charge in [-0.2, -0.15) is 0 Å². The van der Waals surface area contributed by atoms with Crippen LogP contribution in [-0.2, 0) is 16.4 Å². The second kappa shape index (κ2) is 6.19. The molecule has 20 heavy (non-hydrogen) atoms. The minimum Gasteiger partial charge on any atom is -0.380 e. The van der Waals surface area contributed by atoms with Crippen LogP contribution in [0.25, 0.3) is 0 Å². The molecular formula is C14H18N2O3S. The molecule has 1 atom stereocenters. The zero-order chi connectivity index (χ0) is 14.6. The van der Waals surface area contributed by atoms with Crippen LogP contribution in [0.2, 0.25) is 0 Å². The summed E-state index contributed by atoms with van der Waals surface area (Å²) in [5.74, 6) is 0.634. The zero-order valence-electron chi connectivity index (χ0n) is 11.3. The third-order valence-electron chi connectivity index (χ3n) is 3.19. The lowest BCUT2D eigenvalue weighted by Crippen LogP contribution is -2.17. The summed E-state index contributed by atoms with van der Waals surface area (Å²) in [5, 5.41) is 10.3. The number of nitrogens with zero attached hydrogens (tertiary/aromatic N) is 2. The summed E-state index contributed by atoms with van der Waals surface area (Å²) in [7, 11) is -3.03. The molecule has 0 spiro atoms. The van der Waals surface area contributed by atoms with E-state index in [9.17, 15) is 13.5 Å². The van der Waals surface area contributed by atoms with Gasteiger partial charge in [0.2, 0.25) is 0 Å². The molecule has 2 rings (SSSR count). The number of sulfone groups is 1. The minimum absolute atomic E-state index is 0.0500. The molecule has 1 aromatic heterocycles. The van der Waals surface area contributed by atoms with Crippen molar-refractivity contribution in [1.82, 2.24) is 9.55 Å². The Labute approximate surface area is 118 Å². The molecule has 0 aliphatic rings. The average Bonchev–Trinajstić information content (AvgIpc) is 2.94. The van der Waals surface area contributed by atoms with Crippen LogP contribution in [0.15, 0.2) is 42.7 Å². The fraction of sp³-hybridized carbons (Fsp3) is 0.357. The van der Waals surface area contributed by atoms with E-state index < -0.39 is 15.9 Å². The molecule has 6 heteroatoms. The number of aliphatic hydroxyl groups excluding tert-OH is 1. The Morgan fingerprint density at radius 3 is 2.65 bits per heavy atom. The molecule has 1 aromatic carbocycles. The summed E-state index contributed by atoms with van der Waals surface area (Å²) in [4.78, 5) is 4.14. The molecule has 0 radical (unpaired) electrons. The first-order valence-corrected chi connectivity index (χ1v) is 8.30. The van der Waals surface area contributed by atoms with Gasteiger partial charge in [0.15, 0.2) is 9.84 Å². The zero-order valence-corrected chi connectivity index (χ0v) is 12.1. The quantitative estimate of drug-likeness (QED) is 0.874. The van der Waals surface area contributed by atoms with Crippen LogP contribution in [-0.4, -0.2) is 34.6 Å². The molecule has 0 aliphatic heterocycles. The molecule has 0 aliphatic carbocycles. The number of hydrogen-bond donors (Lipinski definition) is 1. The van der Waals surface area contributed by atoms with Gasteiger partial charge in [-0.1, -0.05) is 37.3 Å². The predicted octanol–water partition coefficient (Wildman–Crippen LogP) is 1.40. The molecule has 1 unspecified atom stereocenters. The molecule has 1 heterocycles. The molecule has 5 nitrogen and oxygen atoms in total. The number of rotatable bonds is 6. The van der Waals surface area contributed by atoms with Gasteiger partial charge in [-0.25, -0.2) is 13.4 Å². The van der Waals surface area contributed by atoms with Crippen molar-refractivity contribution < 1.29 is 13.5 Å². The Kier molecular flexibility index (Phi) is 4.57. The third-order valence-corrected chi connectivity index (χ3v) is 4.87. The first-order chi connectivity index (χ1) is 9.53. The predicted molar refractivity (Wildman–Crippen MR) is 77.1 cm³/mol. The van der Waals surface area contributed by atoms with Gasteiger partial charge in [-0.3, -0.25) is 0 Å². The van der Waals surface area contributed by atoms with Crippen molar-refractivity contribution in [1.29, 1.82) is 0 Å². The minimum atomic E-state index is -3.03. The molecule has 0 saturated heterocycles. The van der Waals surface area contributed by atoms with Crippen molar-refractivity contribution in [3.63, 3.8) is 0 Å². The van der Waals surface area contributed by atoms with Gasteiger partial charge in [-0.15, -0.1) is 0 Å². The number of benzene rings is 1. The maximum atomic E-state index is 11.5. The second-order valence-electron chi connectivity index (χ2n) is 4.53. The number of aromatic nitrogens is 2. The van der Waals surface area contributed by atoms with E-state index in [1.165, 1.54) is 0 Å². The molecular weight excluding hydrogens is 276 g/mol. The van der Waals surface area contributed by atoms with Crippen molar-refractivity contribution in [3.05, 3.63) is 54.1 Å². The van der Waals surface area contributed by atoms with E-state index in [4.69, 9.17) is 0 Å². The maximum absolute atomic E-state index is 11.5. The van der Waals surface area contributed by atoms with Crippen LogP contribution in [0, 0.1) is 0 Å². The van der Waals surface area contributed by atoms with Crippen LogP contribution in [0.4, 0.5) is 0 Å². The van der Waals surface area contributed by atoms with E-state index >= 15 is 0 Å². The lowest BCUT2D eigenvalue weighted by molar-refractivity contribution is 0.205. The van der Waals surface area contributed by atoms with Crippen molar-refractivity contribution in [2.24, 2.45) is 0 Å². The van der Waals surface area contributed by atoms with Gasteiger partial charge >= 0.3 is 0 Å². The highest BCUT2D eigenvalue weighted by Gasteiger charge is 2.17. The lowest BCUT2D eigenvalue weighted by atomic mass is 10.1. The molecule has 0 saturated carbocycles. The Hall–Kier alpha value is -1.66. The van der Waals surface area contributed by atoms with Gasteiger partial charge in [0.05, 0.1) is 5.75 Å². The fourth-order valence-corrected chi connectivity index (χ4v) is 2.69. The Bertz CT molecular complexity index is 650. The van der Waals surface area contributed by atoms with Crippen LogP contribution in [0.3, 0.4) is 0 Å². The first-order valence-electron chi connectivity index (χ1n) is 6.48. The van der Waals surface area contributed by atoms with Gasteiger partial charge in [0.1, 0.15) is 11.9 Å². The second-order valence-corrected chi connectivity index (χ2v) is 7.00. The summed E-state index contributed by atoms with van der Waals surface area (Å²) >= 11 is 0. The van der Waals surface area contributed by atoms with E-state index in [2.05, 4.69) is 4.98 Å². The summed E-state index contributed by atoms with van der Waals surface area (Å²) in [6.45, 7) is 1.93. The normalized spacial score (nSPS) is 13.3.